The van der Waals surface area contributed by atoms with Crippen molar-refractivity contribution >= 4 is 0 Å². The molecule has 2 nitrogen and oxygen atoms in total. The average Bonchev–Trinajstić information content (AvgIpc) is 2.33. The van der Waals surface area contributed by atoms with Crippen LogP contribution in [0.5, 0.6) is 0 Å². The van der Waals surface area contributed by atoms with E-state index < -0.39 is 0 Å². The third kappa shape index (κ3) is 4.32. The molecule has 1 atom stereocenters. The Kier molecular flexibility index (Phi) is 5.57. The van der Waals surface area contributed by atoms with Crippen LogP contribution in [0.4, 0.5) is 0 Å². The van der Waals surface area contributed by atoms with Gasteiger partial charge in [-0.1, -0.05) is 32.9 Å². The second kappa shape index (κ2) is 6.53. The van der Waals surface area contributed by atoms with Gasteiger partial charge in [-0.05, 0) is 62.0 Å². The first-order valence-electron chi connectivity index (χ1n) is 7.27. The van der Waals surface area contributed by atoms with Gasteiger partial charge in [0.1, 0.15) is 0 Å². The van der Waals surface area contributed by atoms with E-state index in [1.54, 1.807) is 0 Å². The van der Waals surface area contributed by atoms with Gasteiger partial charge in [0, 0.05) is 12.0 Å². The molecule has 108 valence electrons. The van der Waals surface area contributed by atoms with Crippen molar-refractivity contribution in [2.45, 2.75) is 47.0 Å². The van der Waals surface area contributed by atoms with Crippen LogP contribution in [0.3, 0.4) is 0 Å². The second-order valence-electron chi connectivity index (χ2n) is 6.61. The molecule has 2 heteroatoms. The molecule has 0 aromatic heterocycles. The minimum absolute atomic E-state index is 0.150. The van der Waals surface area contributed by atoms with Gasteiger partial charge in [-0.15, -0.1) is 0 Å². The van der Waals surface area contributed by atoms with E-state index in [0.717, 1.165) is 19.6 Å². The molecule has 1 rings (SSSR count). The van der Waals surface area contributed by atoms with Crippen LogP contribution in [0, 0.1) is 26.7 Å². The van der Waals surface area contributed by atoms with Crippen molar-refractivity contribution in [3.63, 3.8) is 0 Å². The van der Waals surface area contributed by atoms with Crippen LogP contribution < -0.4 is 11.1 Å². The number of benzene rings is 1. The number of nitrogens with two attached hydrogens (primary N) is 1. The maximum absolute atomic E-state index is 5.65. The predicted molar refractivity (Wildman–Crippen MR) is 84.8 cm³/mol. The van der Waals surface area contributed by atoms with E-state index in [4.69, 9.17) is 5.73 Å². The quantitative estimate of drug-likeness (QED) is 0.827. The summed E-state index contributed by atoms with van der Waals surface area (Å²) in [5, 5.41) is 3.56. The average molecular weight is 262 g/mol. The van der Waals surface area contributed by atoms with E-state index in [1.165, 1.54) is 22.3 Å². The summed E-state index contributed by atoms with van der Waals surface area (Å²) in [7, 11) is 0. The van der Waals surface area contributed by atoms with Crippen LogP contribution in [-0.4, -0.2) is 19.6 Å². The summed E-state index contributed by atoms with van der Waals surface area (Å²) in [6, 6.07) is 4.65. The molecule has 1 unspecified atom stereocenters. The lowest BCUT2D eigenvalue weighted by molar-refractivity contribution is 0.433. The molecule has 0 saturated heterocycles. The Morgan fingerprint density at radius 1 is 1.11 bits per heavy atom. The van der Waals surface area contributed by atoms with Gasteiger partial charge < -0.3 is 11.1 Å². The number of rotatable bonds is 6. The van der Waals surface area contributed by atoms with E-state index in [1.807, 2.05) is 0 Å². The fourth-order valence-corrected chi connectivity index (χ4v) is 2.50. The van der Waals surface area contributed by atoms with Crippen LogP contribution in [-0.2, 0) is 5.41 Å². The highest BCUT2D eigenvalue weighted by atomic mass is 14.9. The second-order valence-corrected chi connectivity index (χ2v) is 6.61. The SMILES string of the molecule is Cc1cc(C)c(C(C)(C)CNCC(C)CN)cc1C. The normalized spacial score (nSPS) is 13.6. The minimum atomic E-state index is 0.150. The van der Waals surface area contributed by atoms with Gasteiger partial charge in [-0.3, -0.25) is 0 Å². The van der Waals surface area contributed by atoms with E-state index in [9.17, 15) is 0 Å². The molecule has 0 aliphatic rings. The Morgan fingerprint density at radius 2 is 1.68 bits per heavy atom. The van der Waals surface area contributed by atoms with Gasteiger partial charge in [0.05, 0.1) is 0 Å². The molecule has 0 heterocycles. The fourth-order valence-electron chi connectivity index (χ4n) is 2.50. The highest BCUT2D eigenvalue weighted by Gasteiger charge is 2.22. The highest BCUT2D eigenvalue weighted by Crippen LogP contribution is 2.28. The lowest BCUT2D eigenvalue weighted by atomic mass is 9.80. The topological polar surface area (TPSA) is 38.0 Å². The zero-order chi connectivity index (χ0) is 14.6. The van der Waals surface area contributed by atoms with Gasteiger partial charge in [-0.2, -0.15) is 0 Å². The van der Waals surface area contributed by atoms with E-state index in [2.05, 4.69) is 59.0 Å². The first kappa shape index (κ1) is 16.2. The summed E-state index contributed by atoms with van der Waals surface area (Å²) in [5.74, 6) is 0.539. The smallest absolute Gasteiger partial charge is 0.00434 e. The molecule has 0 radical (unpaired) electrons. The van der Waals surface area contributed by atoms with Crippen molar-refractivity contribution in [2.24, 2.45) is 11.7 Å². The maximum Gasteiger partial charge on any atom is 0.00434 e. The minimum Gasteiger partial charge on any atom is -0.330 e. The summed E-state index contributed by atoms with van der Waals surface area (Å²) in [6.45, 7) is 16.1. The molecule has 0 aliphatic carbocycles. The van der Waals surface area contributed by atoms with Gasteiger partial charge in [-0.25, -0.2) is 0 Å². The Bertz CT molecular complexity index is 422. The predicted octanol–water partition coefficient (Wildman–Crippen LogP) is 3.07. The molecular weight excluding hydrogens is 232 g/mol. The molecule has 0 aliphatic heterocycles. The summed E-state index contributed by atoms with van der Waals surface area (Å²) in [4.78, 5) is 0. The molecule has 0 fully saturated rings. The van der Waals surface area contributed by atoms with Crippen LogP contribution >= 0.6 is 0 Å². The van der Waals surface area contributed by atoms with E-state index in [-0.39, 0.29) is 5.41 Å². The van der Waals surface area contributed by atoms with Crippen molar-refractivity contribution in [1.29, 1.82) is 0 Å². The number of hydrogen-bond acceptors (Lipinski definition) is 2. The molecule has 0 spiro atoms. The maximum atomic E-state index is 5.65. The Hall–Kier alpha value is -0.860. The zero-order valence-corrected chi connectivity index (χ0v) is 13.4. The lowest BCUT2D eigenvalue weighted by Gasteiger charge is -2.29. The van der Waals surface area contributed by atoms with Gasteiger partial charge in [0.25, 0.3) is 0 Å². The molecule has 19 heavy (non-hydrogen) atoms. The summed E-state index contributed by atoms with van der Waals surface area (Å²) in [6.07, 6.45) is 0. The number of nitrogens with one attached hydrogen (secondary N) is 1. The zero-order valence-electron chi connectivity index (χ0n) is 13.4. The first-order chi connectivity index (χ1) is 8.77. The van der Waals surface area contributed by atoms with Crippen LogP contribution in [0.25, 0.3) is 0 Å². The molecular formula is C17H30N2. The van der Waals surface area contributed by atoms with Crippen LogP contribution in [0.15, 0.2) is 12.1 Å². The van der Waals surface area contributed by atoms with Gasteiger partial charge in [0.2, 0.25) is 0 Å². The Labute approximate surface area is 118 Å². The van der Waals surface area contributed by atoms with E-state index >= 15 is 0 Å². The Morgan fingerprint density at radius 3 is 2.26 bits per heavy atom. The van der Waals surface area contributed by atoms with Crippen molar-refractivity contribution < 1.29 is 0 Å². The monoisotopic (exact) mass is 262 g/mol. The molecule has 0 saturated carbocycles. The number of hydrogen-bond donors (Lipinski definition) is 2. The van der Waals surface area contributed by atoms with E-state index in [0.29, 0.717) is 5.92 Å². The molecule has 1 aromatic rings. The van der Waals surface area contributed by atoms with Crippen LogP contribution in [0.1, 0.15) is 43.0 Å². The molecule has 3 N–H and O–H groups in total. The molecule has 0 bridgehead atoms. The fraction of sp³-hybridized carbons (Fsp3) is 0.647. The summed E-state index contributed by atoms with van der Waals surface area (Å²) in [5.41, 5.74) is 11.4. The largest absolute Gasteiger partial charge is 0.330 e. The molecule has 0 amide bonds. The number of aryl methyl sites for hydroxylation is 3. The van der Waals surface area contributed by atoms with Crippen molar-refractivity contribution in [2.75, 3.05) is 19.6 Å². The summed E-state index contributed by atoms with van der Waals surface area (Å²) >= 11 is 0. The third-order valence-electron chi connectivity index (χ3n) is 4.03. The Balaban J connectivity index is 2.79. The van der Waals surface area contributed by atoms with Crippen molar-refractivity contribution in [3.05, 3.63) is 34.4 Å². The van der Waals surface area contributed by atoms with Crippen molar-refractivity contribution in [3.8, 4) is 0 Å². The lowest BCUT2D eigenvalue weighted by Crippen LogP contribution is -2.37. The highest BCUT2D eigenvalue weighted by molar-refractivity contribution is 5.40. The standard InChI is InChI=1S/C17H30N2/c1-12(9-18)10-19-11-17(5,6)16-8-14(3)13(2)7-15(16)4/h7-8,12,19H,9-11,18H2,1-6H3. The first-order valence-corrected chi connectivity index (χ1v) is 7.27. The third-order valence-corrected chi connectivity index (χ3v) is 4.03. The molecule has 1 aromatic carbocycles. The van der Waals surface area contributed by atoms with Crippen LogP contribution in [0.2, 0.25) is 0 Å². The van der Waals surface area contributed by atoms with Gasteiger partial charge >= 0.3 is 0 Å². The van der Waals surface area contributed by atoms with Gasteiger partial charge in [0.15, 0.2) is 0 Å². The summed E-state index contributed by atoms with van der Waals surface area (Å²) < 4.78 is 0. The van der Waals surface area contributed by atoms with Crippen molar-refractivity contribution in [1.82, 2.24) is 5.32 Å².